The average molecular weight is 476 g/mol. The molecule has 2 rings (SSSR count). The minimum Gasteiger partial charge on any atom is -0.490 e. The van der Waals surface area contributed by atoms with Crippen LogP contribution in [0.4, 0.5) is 11.4 Å². The van der Waals surface area contributed by atoms with Gasteiger partial charge in [0, 0.05) is 11.4 Å². The molecule has 0 heterocycles. The Morgan fingerprint density at radius 2 is 0.794 bits per heavy atom. The van der Waals surface area contributed by atoms with Crippen molar-refractivity contribution in [2.75, 3.05) is 49.2 Å². The molecule has 12 heteroatoms. The molecular weight excluding hydrogens is 452 g/mol. The summed E-state index contributed by atoms with van der Waals surface area (Å²) in [5.74, 6) is -3.64. The van der Waals surface area contributed by atoms with Crippen LogP contribution in [-0.4, -0.2) is 83.7 Å². The van der Waals surface area contributed by atoms with E-state index < -0.39 is 50.1 Å². The van der Waals surface area contributed by atoms with Gasteiger partial charge >= 0.3 is 23.9 Å². The average Bonchev–Trinajstić information content (AvgIpc) is 2.75. The monoisotopic (exact) mass is 476 g/mol. The summed E-state index contributed by atoms with van der Waals surface area (Å²) in [6.45, 7) is -1.46. The fourth-order valence-electron chi connectivity index (χ4n) is 2.96. The Labute approximate surface area is 194 Å². The van der Waals surface area contributed by atoms with Crippen molar-refractivity contribution in [1.82, 2.24) is 0 Å². The predicted octanol–water partition coefficient (Wildman–Crippen LogP) is 1.10. The third-order valence-corrected chi connectivity index (χ3v) is 4.33. The van der Waals surface area contributed by atoms with Crippen LogP contribution in [0.3, 0.4) is 0 Å². The normalized spacial score (nSPS) is 10.2. The van der Waals surface area contributed by atoms with Crippen LogP contribution in [0.15, 0.2) is 48.5 Å². The zero-order valence-electron chi connectivity index (χ0n) is 18.0. The number of rotatable bonds is 15. The lowest BCUT2D eigenvalue weighted by Gasteiger charge is -2.21. The number of aliphatic carboxylic acids is 4. The van der Waals surface area contributed by atoms with E-state index in [-0.39, 0.29) is 13.2 Å². The van der Waals surface area contributed by atoms with Crippen LogP contribution in [0, 0.1) is 0 Å². The van der Waals surface area contributed by atoms with Gasteiger partial charge in [-0.05, 0) is 48.5 Å². The van der Waals surface area contributed by atoms with E-state index in [1.54, 1.807) is 48.5 Å². The summed E-state index contributed by atoms with van der Waals surface area (Å²) in [4.78, 5) is 46.2. The predicted molar refractivity (Wildman–Crippen MR) is 119 cm³/mol. The van der Waals surface area contributed by atoms with Crippen molar-refractivity contribution in [2.45, 2.75) is 0 Å². The van der Waals surface area contributed by atoms with E-state index in [9.17, 15) is 19.2 Å². The summed E-state index contributed by atoms with van der Waals surface area (Å²) in [5, 5.41) is 35.8. The Morgan fingerprint density at radius 3 is 1.03 bits per heavy atom. The lowest BCUT2D eigenvalue weighted by atomic mass is 10.2. The molecule has 0 aliphatic carbocycles. The summed E-state index contributed by atoms with van der Waals surface area (Å²) in [5.41, 5.74) is 0.849. The van der Waals surface area contributed by atoms with E-state index in [4.69, 9.17) is 29.9 Å². The summed E-state index contributed by atoms with van der Waals surface area (Å²) in [7, 11) is 0. The second-order valence-electron chi connectivity index (χ2n) is 6.97. The molecule has 0 unspecified atom stereocenters. The van der Waals surface area contributed by atoms with Gasteiger partial charge in [0.1, 0.15) is 50.9 Å². The Morgan fingerprint density at radius 1 is 0.529 bits per heavy atom. The number of hydrogen-bond donors (Lipinski definition) is 4. The van der Waals surface area contributed by atoms with Gasteiger partial charge in [0.25, 0.3) is 0 Å². The second kappa shape index (κ2) is 12.5. The number of anilines is 2. The topological polar surface area (TPSA) is 174 Å². The van der Waals surface area contributed by atoms with Crippen LogP contribution in [0.25, 0.3) is 0 Å². The minimum atomic E-state index is -1.15. The van der Waals surface area contributed by atoms with E-state index in [1.807, 2.05) is 0 Å². The number of nitrogens with zero attached hydrogens (tertiary/aromatic N) is 2. The van der Waals surface area contributed by atoms with E-state index in [1.165, 1.54) is 9.80 Å². The third kappa shape index (κ3) is 8.94. The third-order valence-electron chi connectivity index (χ3n) is 4.33. The highest BCUT2D eigenvalue weighted by molar-refractivity contribution is 5.80. The lowest BCUT2D eigenvalue weighted by Crippen LogP contribution is -2.34. The molecule has 0 spiro atoms. The van der Waals surface area contributed by atoms with Crippen LogP contribution in [0.2, 0.25) is 0 Å². The lowest BCUT2D eigenvalue weighted by molar-refractivity contribution is -0.138. The molecule has 0 aliphatic rings. The molecule has 0 saturated heterocycles. The number of hydrogen-bond acceptors (Lipinski definition) is 8. The second-order valence-corrected chi connectivity index (χ2v) is 6.97. The van der Waals surface area contributed by atoms with Gasteiger partial charge in [0.2, 0.25) is 0 Å². The van der Waals surface area contributed by atoms with Gasteiger partial charge in [-0.1, -0.05) is 0 Å². The fourth-order valence-corrected chi connectivity index (χ4v) is 2.96. The summed E-state index contributed by atoms with van der Waals surface area (Å²) in [6, 6.07) is 12.6. The molecule has 2 aromatic carbocycles. The molecule has 182 valence electrons. The van der Waals surface area contributed by atoms with Gasteiger partial charge in [0.05, 0.1) is 0 Å². The molecule has 0 amide bonds. The Bertz CT molecular complexity index is 878. The Kier molecular flexibility index (Phi) is 9.50. The van der Waals surface area contributed by atoms with E-state index in [0.29, 0.717) is 22.9 Å². The minimum absolute atomic E-state index is 0.180. The highest BCUT2D eigenvalue weighted by Gasteiger charge is 2.15. The van der Waals surface area contributed by atoms with E-state index in [2.05, 4.69) is 0 Å². The van der Waals surface area contributed by atoms with Crippen LogP contribution < -0.4 is 19.3 Å². The first-order valence-electron chi connectivity index (χ1n) is 9.97. The van der Waals surface area contributed by atoms with Gasteiger partial charge in [-0.3, -0.25) is 19.2 Å². The molecule has 0 saturated carbocycles. The highest BCUT2D eigenvalue weighted by Crippen LogP contribution is 2.21. The van der Waals surface area contributed by atoms with Gasteiger partial charge in [-0.2, -0.15) is 0 Å². The largest absolute Gasteiger partial charge is 0.490 e. The van der Waals surface area contributed by atoms with Gasteiger partial charge in [0.15, 0.2) is 0 Å². The van der Waals surface area contributed by atoms with Crippen molar-refractivity contribution in [2.24, 2.45) is 0 Å². The SMILES string of the molecule is O=C(O)CN(CC(=O)O)c1ccc(OCCOc2ccc(N(CC(=O)O)CC(=O)O)cc2)cc1. The summed E-state index contributed by atoms with van der Waals surface area (Å²) in [6.07, 6.45) is 0. The first-order valence-corrected chi connectivity index (χ1v) is 9.97. The van der Waals surface area contributed by atoms with E-state index >= 15 is 0 Å². The number of carbonyl (C=O) groups is 4. The smallest absolute Gasteiger partial charge is 0.323 e. The Balaban J connectivity index is 1.85. The molecule has 0 fully saturated rings. The van der Waals surface area contributed by atoms with Crippen molar-refractivity contribution in [1.29, 1.82) is 0 Å². The van der Waals surface area contributed by atoms with Gasteiger partial charge < -0.3 is 39.7 Å². The number of carboxylic acid groups (broad SMARTS) is 4. The molecule has 12 nitrogen and oxygen atoms in total. The molecule has 4 N–H and O–H groups in total. The quantitative estimate of drug-likeness (QED) is 0.270. The zero-order chi connectivity index (χ0) is 25.1. The van der Waals surface area contributed by atoms with Crippen molar-refractivity contribution >= 4 is 35.3 Å². The fraction of sp³-hybridized carbons (Fsp3) is 0.273. The first kappa shape index (κ1) is 25.8. The maximum atomic E-state index is 10.9. The van der Waals surface area contributed by atoms with E-state index in [0.717, 1.165) is 0 Å². The van der Waals surface area contributed by atoms with Gasteiger partial charge in [-0.15, -0.1) is 0 Å². The van der Waals surface area contributed by atoms with Crippen molar-refractivity contribution in [3.8, 4) is 11.5 Å². The number of carboxylic acids is 4. The molecule has 0 atom stereocenters. The van der Waals surface area contributed by atoms with Crippen LogP contribution >= 0.6 is 0 Å². The van der Waals surface area contributed by atoms with Crippen LogP contribution in [-0.2, 0) is 19.2 Å². The maximum Gasteiger partial charge on any atom is 0.323 e. The molecular formula is C22H24N2O10. The molecule has 0 aromatic heterocycles. The number of benzene rings is 2. The standard InChI is InChI=1S/C22H24N2O10/c25-19(26)11-23(12-20(27)28)15-1-5-17(6-2-15)33-9-10-34-18-7-3-16(4-8-18)24(13-21(29)30)14-22(31)32/h1-8H,9-14H2,(H,25,26)(H,27,28)(H,29,30)(H,31,32). The van der Waals surface area contributed by atoms with Crippen molar-refractivity contribution in [3.63, 3.8) is 0 Å². The molecule has 0 aliphatic heterocycles. The van der Waals surface area contributed by atoms with Crippen molar-refractivity contribution < 1.29 is 49.1 Å². The maximum absolute atomic E-state index is 10.9. The first-order chi connectivity index (χ1) is 16.1. The Hall–Kier alpha value is -4.48. The van der Waals surface area contributed by atoms with Crippen molar-refractivity contribution in [3.05, 3.63) is 48.5 Å². The van der Waals surface area contributed by atoms with Crippen LogP contribution in [0.5, 0.6) is 11.5 Å². The molecule has 2 aromatic rings. The summed E-state index contributed by atoms with van der Waals surface area (Å²) >= 11 is 0. The number of ether oxygens (including phenoxy) is 2. The summed E-state index contributed by atoms with van der Waals surface area (Å²) < 4.78 is 11.1. The molecule has 34 heavy (non-hydrogen) atoms. The highest BCUT2D eigenvalue weighted by atomic mass is 16.5. The molecule has 0 bridgehead atoms. The van der Waals surface area contributed by atoms with Crippen LogP contribution in [0.1, 0.15) is 0 Å². The molecule has 0 radical (unpaired) electrons. The van der Waals surface area contributed by atoms with Gasteiger partial charge in [-0.25, -0.2) is 0 Å². The zero-order valence-corrected chi connectivity index (χ0v) is 18.0.